The fourth-order valence-electron chi connectivity index (χ4n) is 1.51. The molecule has 1 heterocycles. The third kappa shape index (κ3) is 3.37. The zero-order valence-electron chi connectivity index (χ0n) is 10.0. The number of amides is 1. The van der Waals surface area contributed by atoms with Gasteiger partial charge in [-0.1, -0.05) is 23.2 Å². The number of aryl methyl sites for hydroxylation is 1. The lowest BCUT2D eigenvalue weighted by atomic mass is 10.2. The average molecular weight is 316 g/mol. The molecular weight excluding hydrogens is 305 g/mol. The molecule has 4 nitrogen and oxygen atoms in total. The fraction of sp³-hybridized carbons (Fsp3) is 0.167. The van der Waals surface area contributed by atoms with Crippen molar-refractivity contribution in [3.05, 3.63) is 43.8 Å². The van der Waals surface area contributed by atoms with Gasteiger partial charge < -0.3 is 11.1 Å². The van der Waals surface area contributed by atoms with Crippen LogP contribution in [0.2, 0.25) is 10.0 Å². The minimum atomic E-state index is -0.327. The fourth-order valence-corrected chi connectivity index (χ4v) is 2.66. The Kier molecular flexibility index (Phi) is 4.29. The van der Waals surface area contributed by atoms with Crippen LogP contribution >= 0.6 is 34.5 Å². The number of hydrogen-bond donors (Lipinski definition) is 2. The number of carbonyl (C=O) groups excluding carboxylic acids is 1. The second-order valence-corrected chi connectivity index (χ2v) is 6.02. The highest BCUT2D eigenvalue weighted by Gasteiger charge is 2.14. The van der Waals surface area contributed by atoms with Crippen molar-refractivity contribution in [3.63, 3.8) is 0 Å². The number of hydrogen-bond acceptors (Lipinski definition) is 4. The maximum atomic E-state index is 12.0. The molecule has 0 atom stereocenters. The van der Waals surface area contributed by atoms with Crippen LogP contribution in [-0.2, 0) is 6.54 Å². The van der Waals surface area contributed by atoms with Crippen LogP contribution in [0.25, 0.3) is 0 Å². The molecule has 100 valence electrons. The van der Waals surface area contributed by atoms with Crippen LogP contribution in [0.15, 0.2) is 18.3 Å². The van der Waals surface area contributed by atoms with Gasteiger partial charge in [-0.25, -0.2) is 4.98 Å². The number of aromatic nitrogens is 1. The molecular formula is C12H11Cl2N3OS. The minimum Gasteiger partial charge on any atom is -0.399 e. The van der Waals surface area contributed by atoms with E-state index in [4.69, 9.17) is 28.9 Å². The molecule has 0 radical (unpaired) electrons. The number of thiazole rings is 1. The van der Waals surface area contributed by atoms with Gasteiger partial charge in [-0.15, -0.1) is 11.3 Å². The summed E-state index contributed by atoms with van der Waals surface area (Å²) in [6.45, 7) is 2.30. The molecule has 0 aliphatic carbocycles. The molecule has 3 N–H and O–H groups in total. The highest BCUT2D eigenvalue weighted by molar-refractivity contribution is 7.11. The van der Waals surface area contributed by atoms with Gasteiger partial charge in [-0.05, 0) is 19.1 Å². The second-order valence-electron chi connectivity index (χ2n) is 3.91. The smallest absolute Gasteiger partial charge is 0.253 e. The van der Waals surface area contributed by atoms with E-state index in [0.29, 0.717) is 12.2 Å². The number of nitrogens with one attached hydrogen (secondary N) is 1. The molecule has 0 bridgehead atoms. The number of nitrogens with two attached hydrogens (primary N) is 1. The lowest BCUT2D eigenvalue weighted by Gasteiger charge is -2.07. The summed E-state index contributed by atoms with van der Waals surface area (Å²) in [6, 6.07) is 3.00. The molecule has 0 saturated carbocycles. The molecule has 0 fully saturated rings. The summed E-state index contributed by atoms with van der Waals surface area (Å²) in [5.41, 5.74) is 6.30. The summed E-state index contributed by atoms with van der Waals surface area (Å²) in [4.78, 5) is 17.3. The molecule has 1 amide bonds. The first kappa shape index (κ1) is 14.1. The number of nitrogen functional groups attached to an aromatic ring is 1. The summed E-state index contributed by atoms with van der Waals surface area (Å²) in [5.74, 6) is -0.327. The Morgan fingerprint density at radius 2 is 2.21 bits per heavy atom. The molecule has 0 aliphatic heterocycles. The Morgan fingerprint density at radius 3 is 2.84 bits per heavy atom. The van der Waals surface area contributed by atoms with Crippen molar-refractivity contribution in [1.29, 1.82) is 0 Å². The number of carbonyl (C=O) groups is 1. The Morgan fingerprint density at radius 1 is 1.47 bits per heavy atom. The standard InChI is InChI=1S/C12H11Cl2N3OS/c1-6-4-16-10(19-6)5-17-12(18)8-2-7(15)3-9(13)11(8)14/h2-4H,5,15H2,1H3,(H,17,18). The van der Waals surface area contributed by atoms with E-state index >= 15 is 0 Å². The van der Waals surface area contributed by atoms with Crippen LogP contribution in [0, 0.1) is 6.92 Å². The summed E-state index contributed by atoms with van der Waals surface area (Å²) < 4.78 is 0. The summed E-state index contributed by atoms with van der Waals surface area (Å²) in [5, 5.41) is 4.02. The Labute approximate surface area is 124 Å². The van der Waals surface area contributed by atoms with Crippen LogP contribution in [0.4, 0.5) is 5.69 Å². The maximum Gasteiger partial charge on any atom is 0.253 e. The monoisotopic (exact) mass is 315 g/mol. The van der Waals surface area contributed by atoms with E-state index in [0.717, 1.165) is 9.88 Å². The number of benzene rings is 1. The quantitative estimate of drug-likeness (QED) is 0.854. The predicted octanol–water partition coefficient (Wildman–Crippen LogP) is 3.27. The van der Waals surface area contributed by atoms with E-state index in [2.05, 4.69) is 10.3 Å². The second kappa shape index (κ2) is 5.77. The molecule has 7 heteroatoms. The number of rotatable bonds is 3. The largest absolute Gasteiger partial charge is 0.399 e. The van der Waals surface area contributed by atoms with Crippen molar-refractivity contribution in [2.45, 2.75) is 13.5 Å². The summed E-state index contributed by atoms with van der Waals surface area (Å²) >= 11 is 13.4. The van der Waals surface area contributed by atoms with Gasteiger partial charge in [0.15, 0.2) is 0 Å². The lowest BCUT2D eigenvalue weighted by Crippen LogP contribution is -2.23. The van der Waals surface area contributed by atoms with Gasteiger partial charge in [-0.2, -0.15) is 0 Å². The van der Waals surface area contributed by atoms with E-state index in [1.807, 2.05) is 6.92 Å². The molecule has 0 spiro atoms. The van der Waals surface area contributed by atoms with E-state index in [9.17, 15) is 4.79 Å². The molecule has 1 aromatic carbocycles. The Hall–Kier alpha value is -1.30. The lowest BCUT2D eigenvalue weighted by molar-refractivity contribution is 0.0951. The molecule has 2 aromatic rings. The van der Waals surface area contributed by atoms with Crippen molar-refractivity contribution in [3.8, 4) is 0 Å². The van der Waals surface area contributed by atoms with Gasteiger partial charge in [0, 0.05) is 16.8 Å². The van der Waals surface area contributed by atoms with Gasteiger partial charge in [0.2, 0.25) is 0 Å². The van der Waals surface area contributed by atoms with Crippen molar-refractivity contribution in [2.24, 2.45) is 0 Å². The van der Waals surface area contributed by atoms with E-state index in [-0.39, 0.29) is 21.5 Å². The van der Waals surface area contributed by atoms with Gasteiger partial charge >= 0.3 is 0 Å². The molecule has 19 heavy (non-hydrogen) atoms. The average Bonchev–Trinajstić information content (AvgIpc) is 2.76. The van der Waals surface area contributed by atoms with Crippen LogP contribution in [0.3, 0.4) is 0 Å². The van der Waals surface area contributed by atoms with Gasteiger partial charge in [-0.3, -0.25) is 4.79 Å². The maximum absolute atomic E-state index is 12.0. The summed E-state index contributed by atoms with van der Waals surface area (Å²) in [7, 11) is 0. The molecule has 1 aromatic heterocycles. The van der Waals surface area contributed by atoms with E-state index < -0.39 is 0 Å². The molecule has 0 unspecified atom stereocenters. The SMILES string of the molecule is Cc1cnc(CNC(=O)c2cc(N)cc(Cl)c2Cl)s1. The van der Waals surface area contributed by atoms with Crippen LogP contribution < -0.4 is 11.1 Å². The number of nitrogens with zero attached hydrogens (tertiary/aromatic N) is 1. The van der Waals surface area contributed by atoms with Crippen LogP contribution in [-0.4, -0.2) is 10.9 Å². The number of anilines is 1. The topological polar surface area (TPSA) is 68.0 Å². The first-order chi connectivity index (χ1) is 8.97. The summed E-state index contributed by atoms with van der Waals surface area (Å²) in [6.07, 6.45) is 1.76. The highest BCUT2D eigenvalue weighted by atomic mass is 35.5. The first-order valence-corrected chi connectivity index (χ1v) is 6.98. The minimum absolute atomic E-state index is 0.198. The van der Waals surface area contributed by atoms with E-state index in [1.54, 1.807) is 6.20 Å². The molecule has 2 rings (SSSR count). The van der Waals surface area contributed by atoms with E-state index in [1.165, 1.54) is 23.5 Å². The Bertz CT molecular complexity index is 627. The van der Waals surface area contributed by atoms with Crippen molar-refractivity contribution in [2.75, 3.05) is 5.73 Å². The zero-order chi connectivity index (χ0) is 14.0. The number of halogens is 2. The third-order valence-electron chi connectivity index (χ3n) is 2.36. The van der Waals surface area contributed by atoms with Gasteiger partial charge in [0.25, 0.3) is 5.91 Å². The predicted molar refractivity (Wildman–Crippen MR) is 78.9 cm³/mol. The first-order valence-electron chi connectivity index (χ1n) is 5.41. The van der Waals surface area contributed by atoms with Crippen molar-refractivity contribution in [1.82, 2.24) is 10.3 Å². The van der Waals surface area contributed by atoms with Crippen molar-refractivity contribution >= 4 is 46.1 Å². The van der Waals surface area contributed by atoms with Crippen molar-refractivity contribution < 1.29 is 4.79 Å². The third-order valence-corrected chi connectivity index (χ3v) is 4.08. The highest BCUT2D eigenvalue weighted by Crippen LogP contribution is 2.28. The van der Waals surface area contributed by atoms with Crippen LogP contribution in [0.5, 0.6) is 0 Å². The van der Waals surface area contributed by atoms with Gasteiger partial charge in [0.1, 0.15) is 5.01 Å². The van der Waals surface area contributed by atoms with Crippen LogP contribution in [0.1, 0.15) is 20.2 Å². The Balaban J connectivity index is 2.12. The van der Waals surface area contributed by atoms with Gasteiger partial charge in [0.05, 0.1) is 22.2 Å². The zero-order valence-corrected chi connectivity index (χ0v) is 12.4. The molecule has 0 aliphatic rings. The normalized spacial score (nSPS) is 10.5. The molecule has 0 saturated heterocycles.